The Morgan fingerprint density at radius 1 is 1.38 bits per heavy atom. The number of benzene rings is 1. The maximum Gasteiger partial charge on any atom is 0.321 e. The minimum absolute atomic E-state index is 0.171. The zero-order valence-corrected chi connectivity index (χ0v) is 13.8. The van der Waals surface area contributed by atoms with Crippen molar-refractivity contribution < 1.29 is 9.18 Å². The Labute approximate surface area is 140 Å². The predicted molar refractivity (Wildman–Crippen MR) is 89.1 cm³/mol. The van der Waals surface area contributed by atoms with Crippen LogP contribution in [0.25, 0.3) is 0 Å². The third-order valence-electron chi connectivity index (χ3n) is 4.49. The van der Waals surface area contributed by atoms with E-state index in [1.54, 1.807) is 23.4 Å². The highest BCUT2D eigenvalue weighted by atomic mass is 19.1. The molecule has 2 amide bonds. The molecular weight excluding hydrogens is 309 g/mol. The Bertz CT molecular complexity index is 694. The van der Waals surface area contributed by atoms with Gasteiger partial charge in [0.2, 0.25) is 0 Å². The van der Waals surface area contributed by atoms with E-state index in [-0.39, 0.29) is 11.8 Å². The van der Waals surface area contributed by atoms with Crippen molar-refractivity contribution in [2.45, 2.75) is 32.7 Å². The Hall–Kier alpha value is -2.44. The number of piperidine rings is 1. The fourth-order valence-corrected chi connectivity index (χ4v) is 3.07. The highest BCUT2D eigenvalue weighted by Gasteiger charge is 2.24. The lowest BCUT2D eigenvalue weighted by molar-refractivity contribution is 0.181. The summed E-state index contributed by atoms with van der Waals surface area (Å²) in [4.78, 5) is 14.1. The lowest BCUT2D eigenvalue weighted by atomic mass is 9.93. The number of aryl methyl sites for hydroxylation is 1. The minimum atomic E-state index is -0.355. The molecular formula is C17H22FN5O. The van der Waals surface area contributed by atoms with Gasteiger partial charge < -0.3 is 14.8 Å². The lowest BCUT2D eigenvalue weighted by Crippen LogP contribution is -2.41. The van der Waals surface area contributed by atoms with E-state index in [0.29, 0.717) is 24.7 Å². The van der Waals surface area contributed by atoms with Crippen LogP contribution in [0, 0.1) is 11.7 Å². The number of nitrogens with zero attached hydrogens (tertiary/aromatic N) is 4. The van der Waals surface area contributed by atoms with Crippen molar-refractivity contribution in [2.24, 2.45) is 5.92 Å². The SMILES string of the molecule is CCn1cnnc1CC1CCN(C(=O)Nc2cccc(F)c2)CC1. The molecule has 1 fully saturated rings. The molecule has 7 heteroatoms. The van der Waals surface area contributed by atoms with Crippen molar-refractivity contribution in [2.75, 3.05) is 18.4 Å². The molecule has 0 spiro atoms. The van der Waals surface area contributed by atoms with Crippen molar-refractivity contribution in [3.05, 3.63) is 42.2 Å². The number of nitrogens with one attached hydrogen (secondary N) is 1. The van der Waals surface area contributed by atoms with Gasteiger partial charge in [-0.05, 0) is 43.9 Å². The van der Waals surface area contributed by atoms with Crippen molar-refractivity contribution >= 4 is 11.7 Å². The average molecular weight is 331 g/mol. The van der Waals surface area contributed by atoms with Gasteiger partial charge in [-0.2, -0.15) is 0 Å². The monoisotopic (exact) mass is 331 g/mol. The van der Waals surface area contributed by atoms with Gasteiger partial charge in [0.15, 0.2) is 0 Å². The Balaban J connectivity index is 1.50. The number of carbonyl (C=O) groups excluding carboxylic acids is 1. The summed E-state index contributed by atoms with van der Waals surface area (Å²) in [6.07, 6.45) is 4.53. The highest BCUT2D eigenvalue weighted by molar-refractivity contribution is 5.89. The fourth-order valence-electron chi connectivity index (χ4n) is 3.07. The minimum Gasteiger partial charge on any atom is -0.325 e. The van der Waals surface area contributed by atoms with Crippen LogP contribution in [0.4, 0.5) is 14.9 Å². The van der Waals surface area contributed by atoms with Crippen LogP contribution >= 0.6 is 0 Å². The van der Waals surface area contributed by atoms with E-state index in [2.05, 4.69) is 27.0 Å². The molecule has 1 aromatic heterocycles. The molecule has 1 saturated heterocycles. The molecule has 2 aromatic rings. The normalized spacial score (nSPS) is 15.5. The molecule has 1 aromatic carbocycles. The van der Waals surface area contributed by atoms with Crippen LogP contribution in [-0.4, -0.2) is 38.8 Å². The zero-order chi connectivity index (χ0) is 16.9. The molecule has 0 bridgehead atoms. The predicted octanol–water partition coefficient (Wildman–Crippen LogP) is 2.92. The Kier molecular flexibility index (Phi) is 5.08. The van der Waals surface area contributed by atoms with E-state index >= 15 is 0 Å². The van der Waals surface area contributed by atoms with Crippen LogP contribution in [-0.2, 0) is 13.0 Å². The summed E-state index contributed by atoms with van der Waals surface area (Å²) in [5.41, 5.74) is 0.484. The van der Waals surface area contributed by atoms with Crippen LogP contribution in [0.1, 0.15) is 25.6 Å². The fraction of sp³-hybridized carbons (Fsp3) is 0.471. The highest BCUT2D eigenvalue weighted by Crippen LogP contribution is 2.21. The largest absolute Gasteiger partial charge is 0.325 e. The molecule has 0 aliphatic carbocycles. The smallest absolute Gasteiger partial charge is 0.321 e. The summed E-state index contributed by atoms with van der Waals surface area (Å²) in [5, 5.41) is 10.9. The number of halogens is 1. The van der Waals surface area contributed by atoms with Gasteiger partial charge in [-0.15, -0.1) is 10.2 Å². The van der Waals surface area contributed by atoms with Crippen molar-refractivity contribution in [3.8, 4) is 0 Å². The molecule has 3 rings (SSSR count). The molecule has 6 nitrogen and oxygen atoms in total. The summed E-state index contributed by atoms with van der Waals surface area (Å²) in [6.45, 7) is 4.35. The van der Waals surface area contributed by atoms with Crippen LogP contribution in [0.5, 0.6) is 0 Å². The molecule has 1 aliphatic rings. The van der Waals surface area contributed by atoms with E-state index in [4.69, 9.17) is 0 Å². The molecule has 0 unspecified atom stereocenters. The van der Waals surface area contributed by atoms with Crippen molar-refractivity contribution in [1.82, 2.24) is 19.7 Å². The third kappa shape index (κ3) is 3.90. The van der Waals surface area contributed by atoms with Gasteiger partial charge in [0.1, 0.15) is 18.0 Å². The summed E-state index contributed by atoms with van der Waals surface area (Å²) < 4.78 is 15.2. The second-order valence-electron chi connectivity index (χ2n) is 6.11. The molecule has 1 aliphatic heterocycles. The number of carbonyl (C=O) groups is 1. The number of anilines is 1. The van der Waals surface area contributed by atoms with Crippen LogP contribution < -0.4 is 5.32 Å². The molecule has 1 N–H and O–H groups in total. The van der Waals surface area contributed by atoms with Crippen LogP contribution in [0.2, 0.25) is 0 Å². The van der Waals surface area contributed by atoms with Gasteiger partial charge in [0.25, 0.3) is 0 Å². The van der Waals surface area contributed by atoms with Crippen molar-refractivity contribution in [3.63, 3.8) is 0 Å². The number of likely N-dealkylation sites (tertiary alicyclic amines) is 1. The van der Waals surface area contributed by atoms with E-state index in [9.17, 15) is 9.18 Å². The van der Waals surface area contributed by atoms with E-state index in [0.717, 1.165) is 31.6 Å². The van der Waals surface area contributed by atoms with E-state index in [1.807, 2.05) is 0 Å². The second kappa shape index (κ2) is 7.42. The molecule has 2 heterocycles. The first-order chi connectivity index (χ1) is 11.7. The maximum absolute atomic E-state index is 13.2. The average Bonchev–Trinajstić information content (AvgIpc) is 3.02. The standard InChI is InChI=1S/C17H22FN5O/c1-2-22-12-19-21-16(22)10-13-6-8-23(9-7-13)17(24)20-15-5-3-4-14(18)11-15/h3-5,11-13H,2,6-10H2,1H3,(H,20,24). The van der Waals surface area contributed by atoms with E-state index in [1.165, 1.54) is 12.1 Å². The topological polar surface area (TPSA) is 63.1 Å². The Morgan fingerprint density at radius 2 is 2.17 bits per heavy atom. The number of aromatic nitrogens is 3. The van der Waals surface area contributed by atoms with Gasteiger partial charge in [0, 0.05) is 31.7 Å². The first kappa shape index (κ1) is 16.4. The first-order valence-electron chi connectivity index (χ1n) is 8.34. The lowest BCUT2D eigenvalue weighted by Gasteiger charge is -2.31. The van der Waals surface area contributed by atoms with Crippen LogP contribution in [0.3, 0.4) is 0 Å². The summed E-state index contributed by atoms with van der Waals surface area (Å²) in [6, 6.07) is 5.78. The third-order valence-corrected chi connectivity index (χ3v) is 4.49. The van der Waals surface area contributed by atoms with Gasteiger partial charge >= 0.3 is 6.03 Å². The Morgan fingerprint density at radius 3 is 2.88 bits per heavy atom. The second-order valence-corrected chi connectivity index (χ2v) is 6.11. The molecule has 0 radical (unpaired) electrons. The van der Waals surface area contributed by atoms with Gasteiger partial charge in [-0.25, -0.2) is 9.18 Å². The summed E-state index contributed by atoms with van der Waals surface area (Å²) in [5.74, 6) is 1.17. The number of urea groups is 1. The number of hydrogen-bond acceptors (Lipinski definition) is 3. The quantitative estimate of drug-likeness (QED) is 0.937. The van der Waals surface area contributed by atoms with Crippen molar-refractivity contribution in [1.29, 1.82) is 0 Å². The van der Waals surface area contributed by atoms with E-state index < -0.39 is 0 Å². The van der Waals surface area contributed by atoms with Gasteiger partial charge in [-0.1, -0.05) is 6.07 Å². The van der Waals surface area contributed by atoms with Crippen LogP contribution in [0.15, 0.2) is 30.6 Å². The molecule has 24 heavy (non-hydrogen) atoms. The zero-order valence-electron chi connectivity index (χ0n) is 13.8. The summed E-state index contributed by atoms with van der Waals surface area (Å²) in [7, 11) is 0. The molecule has 128 valence electrons. The van der Waals surface area contributed by atoms with Gasteiger partial charge in [0.05, 0.1) is 0 Å². The maximum atomic E-state index is 13.2. The molecule has 0 saturated carbocycles. The number of hydrogen-bond donors (Lipinski definition) is 1. The van der Waals surface area contributed by atoms with Gasteiger partial charge in [-0.3, -0.25) is 0 Å². The summed E-state index contributed by atoms with van der Waals surface area (Å²) >= 11 is 0. The number of rotatable bonds is 4. The molecule has 0 atom stereocenters. The first-order valence-corrected chi connectivity index (χ1v) is 8.34. The number of amides is 2.